The Labute approximate surface area is 128 Å². The Morgan fingerprint density at radius 2 is 1.77 bits per heavy atom. The first-order valence-corrected chi connectivity index (χ1v) is 6.95. The molecule has 0 aliphatic rings. The van der Waals surface area contributed by atoms with E-state index in [9.17, 15) is 14.9 Å². The quantitative estimate of drug-likeness (QED) is 0.366. The number of nitrogens with zero attached hydrogens (tertiary/aromatic N) is 1. The van der Waals surface area contributed by atoms with Crippen molar-refractivity contribution in [2.24, 2.45) is 0 Å². The summed E-state index contributed by atoms with van der Waals surface area (Å²) in [5, 5.41) is 10.8. The third kappa shape index (κ3) is 3.49. The molecule has 2 aromatic carbocycles. The largest absolute Gasteiger partial charge is 0.423 e. The highest BCUT2D eigenvalue weighted by Crippen LogP contribution is 2.22. The molecule has 0 N–H and O–H groups in total. The minimum absolute atomic E-state index is 0.0159. The second-order valence-corrected chi connectivity index (χ2v) is 5.37. The lowest BCUT2D eigenvalue weighted by Crippen LogP contribution is -2.09. The van der Waals surface area contributed by atoms with Crippen molar-refractivity contribution in [3.05, 3.63) is 69.3 Å². The molecule has 0 atom stereocenters. The number of rotatable bonds is 4. The molecule has 0 aromatic heterocycles. The third-order valence-electron chi connectivity index (χ3n) is 3.39. The molecule has 0 unspecified atom stereocenters. The highest BCUT2D eigenvalue weighted by Gasteiger charge is 2.15. The molecule has 0 saturated heterocycles. The number of esters is 1. The van der Waals surface area contributed by atoms with Crippen molar-refractivity contribution in [3.63, 3.8) is 0 Å². The van der Waals surface area contributed by atoms with E-state index in [1.165, 1.54) is 18.2 Å². The second kappa shape index (κ2) is 6.39. The van der Waals surface area contributed by atoms with Gasteiger partial charge in [0.15, 0.2) is 0 Å². The maximum absolute atomic E-state index is 12.1. The highest BCUT2D eigenvalue weighted by molar-refractivity contribution is 5.91. The zero-order valence-electron chi connectivity index (χ0n) is 12.7. The van der Waals surface area contributed by atoms with Crippen LogP contribution in [0.4, 0.5) is 5.69 Å². The van der Waals surface area contributed by atoms with Gasteiger partial charge in [-0.1, -0.05) is 26.0 Å². The summed E-state index contributed by atoms with van der Waals surface area (Å²) < 4.78 is 5.28. The van der Waals surface area contributed by atoms with Crippen LogP contribution in [0.1, 0.15) is 41.3 Å². The van der Waals surface area contributed by atoms with Crippen LogP contribution >= 0.6 is 0 Å². The number of hydrogen-bond donors (Lipinski definition) is 0. The van der Waals surface area contributed by atoms with Crippen LogP contribution in [0.25, 0.3) is 0 Å². The summed E-state index contributed by atoms with van der Waals surface area (Å²) in [7, 11) is 0. The van der Waals surface area contributed by atoms with Crippen LogP contribution in [0, 0.1) is 17.0 Å². The molecule has 0 fully saturated rings. The van der Waals surface area contributed by atoms with Crippen LogP contribution < -0.4 is 4.74 Å². The third-order valence-corrected chi connectivity index (χ3v) is 3.39. The Morgan fingerprint density at radius 1 is 1.14 bits per heavy atom. The van der Waals surface area contributed by atoms with E-state index in [4.69, 9.17) is 4.74 Å². The fraction of sp³-hybridized carbons (Fsp3) is 0.235. The molecule has 0 radical (unpaired) electrons. The highest BCUT2D eigenvalue weighted by atomic mass is 16.6. The molecule has 0 spiro atoms. The molecule has 0 amide bonds. The van der Waals surface area contributed by atoms with Crippen LogP contribution in [0.3, 0.4) is 0 Å². The van der Waals surface area contributed by atoms with Gasteiger partial charge in [0, 0.05) is 11.6 Å². The van der Waals surface area contributed by atoms with E-state index in [2.05, 4.69) is 13.8 Å². The van der Waals surface area contributed by atoms with Crippen LogP contribution in [0.5, 0.6) is 5.75 Å². The Balaban J connectivity index is 2.15. The number of nitro groups is 1. The van der Waals surface area contributed by atoms with E-state index < -0.39 is 10.9 Å². The molecule has 2 aromatic rings. The maximum atomic E-state index is 12.1. The molecule has 114 valence electrons. The van der Waals surface area contributed by atoms with E-state index in [0.717, 1.165) is 5.56 Å². The lowest BCUT2D eigenvalue weighted by atomic mass is 10.0. The molecule has 0 aliphatic heterocycles. The van der Waals surface area contributed by atoms with E-state index in [1.807, 2.05) is 12.1 Å². The topological polar surface area (TPSA) is 69.4 Å². The predicted molar refractivity (Wildman–Crippen MR) is 83.3 cm³/mol. The van der Waals surface area contributed by atoms with Crippen molar-refractivity contribution in [3.8, 4) is 5.75 Å². The van der Waals surface area contributed by atoms with Gasteiger partial charge in [-0.3, -0.25) is 10.1 Å². The SMILES string of the molecule is Cc1cc(C(=O)Oc2ccc(C(C)C)cc2)ccc1[N+](=O)[O-]. The summed E-state index contributed by atoms with van der Waals surface area (Å²) in [5.74, 6) is 0.322. The van der Waals surface area contributed by atoms with Gasteiger partial charge in [-0.05, 0) is 42.7 Å². The fourth-order valence-electron chi connectivity index (χ4n) is 2.07. The maximum Gasteiger partial charge on any atom is 0.343 e. The molecule has 0 heterocycles. The molecular formula is C17H17NO4. The number of carbonyl (C=O) groups excluding carboxylic acids is 1. The Kier molecular flexibility index (Phi) is 4.56. The standard InChI is InChI=1S/C17H17NO4/c1-11(2)13-4-7-15(8-5-13)22-17(19)14-6-9-16(18(20)21)12(3)10-14/h4-11H,1-3H3. The van der Waals surface area contributed by atoms with Crippen LogP contribution in [0.2, 0.25) is 0 Å². The number of carbonyl (C=O) groups is 1. The van der Waals surface area contributed by atoms with Crippen LogP contribution in [0.15, 0.2) is 42.5 Å². The van der Waals surface area contributed by atoms with Gasteiger partial charge >= 0.3 is 5.97 Å². The van der Waals surface area contributed by atoms with Crippen molar-refractivity contribution in [2.75, 3.05) is 0 Å². The number of benzene rings is 2. The summed E-state index contributed by atoms with van der Waals surface area (Å²) in [6.45, 7) is 5.76. The minimum atomic E-state index is -0.532. The molecule has 0 saturated carbocycles. The summed E-state index contributed by atoms with van der Waals surface area (Å²) in [5.41, 5.74) is 1.86. The first-order valence-electron chi connectivity index (χ1n) is 6.95. The van der Waals surface area contributed by atoms with Gasteiger partial charge in [0.2, 0.25) is 0 Å². The normalized spacial score (nSPS) is 10.5. The molecule has 5 nitrogen and oxygen atoms in total. The Morgan fingerprint density at radius 3 is 2.27 bits per heavy atom. The first kappa shape index (κ1) is 15.7. The minimum Gasteiger partial charge on any atom is -0.423 e. The zero-order valence-corrected chi connectivity index (χ0v) is 12.7. The van der Waals surface area contributed by atoms with E-state index in [0.29, 0.717) is 17.2 Å². The summed E-state index contributed by atoms with van der Waals surface area (Å²) in [6.07, 6.45) is 0. The summed E-state index contributed by atoms with van der Waals surface area (Å²) >= 11 is 0. The van der Waals surface area contributed by atoms with Gasteiger partial charge in [0.05, 0.1) is 10.5 Å². The smallest absolute Gasteiger partial charge is 0.343 e. The zero-order chi connectivity index (χ0) is 16.3. The van der Waals surface area contributed by atoms with Crippen molar-refractivity contribution in [2.45, 2.75) is 26.7 Å². The van der Waals surface area contributed by atoms with Crippen molar-refractivity contribution >= 4 is 11.7 Å². The first-order chi connectivity index (χ1) is 10.4. The molecule has 2 rings (SSSR count). The molecule has 0 bridgehead atoms. The van der Waals surface area contributed by atoms with E-state index in [-0.39, 0.29) is 11.3 Å². The lowest BCUT2D eigenvalue weighted by molar-refractivity contribution is -0.385. The van der Waals surface area contributed by atoms with Crippen molar-refractivity contribution in [1.29, 1.82) is 0 Å². The van der Waals surface area contributed by atoms with Gasteiger partial charge in [-0.15, -0.1) is 0 Å². The van der Waals surface area contributed by atoms with Gasteiger partial charge in [-0.2, -0.15) is 0 Å². The van der Waals surface area contributed by atoms with Crippen LogP contribution in [-0.4, -0.2) is 10.9 Å². The average Bonchev–Trinajstić information content (AvgIpc) is 2.47. The van der Waals surface area contributed by atoms with Crippen molar-refractivity contribution in [1.82, 2.24) is 0 Å². The van der Waals surface area contributed by atoms with Crippen LogP contribution in [-0.2, 0) is 0 Å². The van der Waals surface area contributed by atoms with E-state index >= 15 is 0 Å². The number of hydrogen-bond acceptors (Lipinski definition) is 4. The lowest BCUT2D eigenvalue weighted by Gasteiger charge is -2.08. The van der Waals surface area contributed by atoms with Gasteiger partial charge in [0.1, 0.15) is 5.75 Å². The predicted octanol–water partition coefficient (Wildman–Crippen LogP) is 4.25. The molecular weight excluding hydrogens is 282 g/mol. The van der Waals surface area contributed by atoms with Gasteiger partial charge < -0.3 is 4.74 Å². The summed E-state index contributed by atoms with van der Waals surface area (Å²) in [4.78, 5) is 22.4. The average molecular weight is 299 g/mol. The van der Waals surface area contributed by atoms with Crippen molar-refractivity contribution < 1.29 is 14.5 Å². The number of nitro benzene ring substituents is 1. The second-order valence-electron chi connectivity index (χ2n) is 5.37. The molecule has 0 aliphatic carbocycles. The van der Waals surface area contributed by atoms with Gasteiger partial charge in [-0.25, -0.2) is 4.79 Å². The Bertz CT molecular complexity index is 705. The summed E-state index contributed by atoms with van der Waals surface area (Å²) in [6, 6.07) is 11.5. The Hall–Kier alpha value is -2.69. The molecule has 5 heteroatoms. The monoisotopic (exact) mass is 299 g/mol. The van der Waals surface area contributed by atoms with Gasteiger partial charge in [0.25, 0.3) is 5.69 Å². The fourth-order valence-corrected chi connectivity index (χ4v) is 2.07. The number of ether oxygens (including phenoxy) is 1. The van der Waals surface area contributed by atoms with E-state index in [1.54, 1.807) is 19.1 Å². The number of aryl methyl sites for hydroxylation is 1. The molecule has 22 heavy (non-hydrogen) atoms.